The Labute approximate surface area is 141 Å². The van der Waals surface area contributed by atoms with Crippen LogP contribution >= 0.6 is 0 Å². The maximum atomic E-state index is 5.95. The maximum Gasteiger partial charge on any atom is 0.247 e. The van der Waals surface area contributed by atoms with Crippen molar-refractivity contribution in [3.05, 3.63) is 54.2 Å². The first-order valence-electron chi connectivity index (χ1n) is 8.35. The highest BCUT2D eigenvalue weighted by atomic mass is 16.4. The van der Waals surface area contributed by atoms with Crippen LogP contribution in [0, 0.1) is 0 Å². The molecule has 3 heterocycles. The van der Waals surface area contributed by atoms with Crippen LogP contribution in [0.5, 0.6) is 0 Å². The Bertz CT molecular complexity index is 810. The zero-order valence-corrected chi connectivity index (χ0v) is 14.0. The van der Waals surface area contributed by atoms with E-state index < -0.39 is 0 Å². The number of hydrogen-bond acceptors (Lipinski definition) is 5. The van der Waals surface area contributed by atoms with E-state index >= 15 is 0 Å². The van der Waals surface area contributed by atoms with Gasteiger partial charge in [0.05, 0.1) is 12.2 Å². The van der Waals surface area contributed by atoms with Gasteiger partial charge >= 0.3 is 0 Å². The van der Waals surface area contributed by atoms with Crippen molar-refractivity contribution < 1.29 is 4.42 Å². The molecule has 0 radical (unpaired) electrons. The third kappa shape index (κ3) is 2.73. The summed E-state index contributed by atoms with van der Waals surface area (Å²) in [6.07, 6.45) is 6.36. The molecule has 0 unspecified atom stereocenters. The van der Waals surface area contributed by atoms with Gasteiger partial charge in [0.1, 0.15) is 0 Å². The summed E-state index contributed by atoms with van der Waals surface area (Å²) in [7, 11) is 1.95. The Balaban J connectivity index is 1.57. The Morgan fingerprint density at radius 2 is 2.04 bits per heavy atom. The van der Waals surface area contributed by atoms with Crippen LogP contribution in [0.3, 0.4) is 0 Å². The molecule has 0 bridgehead atoms. The zero-order chi connectivity index (χ0) is 16.5. The lowest BCUT2D eigenvalue weighted by Gasteiger charge is -2.27. The van der Waals surface area contributed by atoms with Crippen molar-refractivity contribution in [2.45, 2.75) is 31.8 Å². The average Bonchev–Trinajstić information content (AvgIpc) is 3.35. The quantitative estimate of drug-likeness (QED) is 0.737. The molecule has 0 aliphatic carbocycles. The van der Waals surface area contributed by atoms with E-state index in [1.54, 1.807) is 0 Å². The third-order valence-electron chi connectivity index (χ3n) is 4.72. The number of aryl methyl sites for hydroxylation is 1. The molecule has 1 aliphatic rings. The first-order valence-corrected chi connectivity index (χ1v) is 8.35. The second-order valence-electron chi connectivity index (χ2n) is 6.33. The molecule has 6 nitrogen and oxygen atoms in total. The van der Waals surface area contributed by atoms with Gasteiger partial charge in [-0.2, -0.15) is 5.10 Å². The maximum absolute atomic E-state index is 5.95. The SMILES string of the molecule is C[C@H](c1nnc(-c2ccccc2)o1)N1CCC[C@H]1c1cnn(C)c1. The Kier molecular flexibility index (Phi) is 3.90. The van der Waals surface area contributed by atoms with E-state index in [2.05, 4.69) is 33.3 Å². The van der Waals surface area contributed by atoms with Gasteiger partial charge in [0.25, 0.3) is 0 Å². The molecule has 0 amide bonds. The van der Waals surface area contributed by atoms with Crippen LogP contribution in [-0.4, -0.2) is 31.4 Å². The fourth-order valence-corrected chi connectivity index (χ4v) is 3.47. The Hall–Kier alpha value is -2.47. The van der Waals surface area contributed by atoms with E-state index in [0.29, 0.717) is 17.8 Å². The van der Waals surface area contributed by atoms with E-state index in [4.69, 9.17) is 4.42 Å². The van der Waals surface area contributed by atoms with Crippen molar-refractivity contribution in [1.29, 1.82) is 0 Å². The molecule has 1 aliphatic heterocycles. The highest BCUT2D eigenvalue weighted by molar-refractivity contribution is 5.51. The largest absolute Gasteiger partial charge is 0.419 e. The lowest BCUT2D eigenvalue weighted by atomic mass is 10.1. The van der Waals surface area contributed by atoms with Gasteiger partial charge < -0.3 is 4.42 Å². The fourth-order valence-electron chi connectivity index (χ4n) is 3.47. The molecule has 0 spiro atoms. The summed E-state index contributed by atoms with van der Waals surface area (Å²) in [6.45, 7) is 3.17. The summed E-state index contributed by atoms with van der Waals surface area (Å²) < 4.78 is 7.81. The van der Waals surface area contributed by atoms with E-state index in [1.807, 2.05) is 48.3 Å². The summed E-state index contributed by atoms with van der Waals surface area (Å²) in [6, 6.07) is 10.3. The molecule has 0 N–H and O–H groups in total. The van der Waals surface area contributed by atoms with Crippen LogP contribution < -0.4 is 0 Å². The second-order valence-corrected chi connectivity index (χ2v) is 6.33. The molecule has 24 heavy (non-hydrogen) atoms. The molecule has 6 heteroatoms. The minimum Gasteiger partial charge on any atom is -0.419 e. The number of aromatic nitrogens is 4. The van der Waals surface area contributed by atoms with Crippen molar-refractivity contribution in [2.75, 3.05) is 6.54 Å². The molecular weight excluding hydrogens is 302 g/mol. The zero-order valence-electron chi connectivity index (χ0n) is 14.0. The smallest absolute Gasteiger partial charge is 0.247 e. The first kappa shape index (κ1) is 15.1. The van der Waals surface area contributed by atoms with Crippen LogP contribution in [0.15, 0.2) is 47.1 Å². The number of hydrogen-bond donors (Lipinski definition) is 0. The van der Waals surface area contributed by atoms with Crippen molar-refractivity contribution in [3.63, 3.8) is 0 Å². The van der Waals surface area contributed by atoms with Crippen LogP contribution in [0.2, 0.25) is 0 Å². The molecule has 1 saturated heterocycles. The van der Waals surface area contributed by atoms with Crippen molar-refractivity contribution >= 4 is 0 Å². The minimum atomic E-state index is 0.0858. The van der Waals surface area contributed by atoms with Gasteiger partial charge in [-0.15, -0.1) is 10.2 Å². The topological polar surface area (TPSA) is 60.0 Å². The summed E-state index contributed by atoms with van der Waals surface area (Å²) in [5, 5.41) is 12.8. The predicted octanol–water partition coefficient (Wildman–Crippen LogP) is 3.37. The van der Waals surface area contributed by atoms with Crippen LogP contribution in [0.1, 0.15) is 43.3 Å². The van der Waals surface area contributed by atoms with E-state index in [1.165, 1.54) is 12.0 Å². The summed E-state index contributed by atoms with van der Waals surface area (Å²) >= 11 is 0. The van der Waals surface area contributed by atoms with Crippen LogP contribution in [0.4, 0.5) is 0 Å². The van der Waals surface area contributed by atoms with Gasteiger partial charge in [-0.25, -0.2) is 0 Å². The highest BCUT2D eigenvalue weighted by Crippen LogP contribution is 2.38. The van der Waals surface area contributed by atoms with Gasteiger partial charge in [0, 0.05) is 30.4 Å². The lowest BCUT2D eigenvalue weighted by Crippen LogP contribution is -2.26. The summed E-state index contributed by atoms with van der Waals surface area (Å²) in [4.78, 5) is 2.43. The normalized spacial score (nSPS) is 19.7. The molecule has 3 aromatic rings. The summed E-state index contributed by atoms with van der Waals surface area (Å²) in [5.41, 5.74) is 2.21. The second kappa shape index (κ2) is 6.20. The van der Waals surface area contributed by atoms with Crippen molar-refractivity contribution in [2.24, 2.45) is 7.05 Å². The molecule has 2 aromatic heterocycles. The molecule has 1 fully saturated rings. The average molecular weight is 323 g/mol. The molecule has 0 saturated carbocycles. The van der Waals surface area contributed by atoms with Gasteiger partial charge in [-0.1, -0.05) is 18.2 Å². The molecule has 124 valence electrons. The van der Waals surface area contributed by atoms with Gasteiger partial charge in [-0.05, 0) is 38.4 Å². The Morgan fingerprint density at radius 3 is 2.79 bits per heavy atom. The van der Waals surface area contributed by atoms with E-state index in [-0.39, 0.29) is 6.04 Å². The molecule has 4 rings (SSSR count). The first-order chi connectivity index (χ1) is 11.7. The third-order valence-corrected chi connectivity index (χ3v) is 4.72. The van der Waals surface area contributed by atoms with Crippen LogP contribution in [0.25, 0.3) is 11.5 Å². The number of benzene rings is 1. The minimum absolute atomic E-state index is 0.0858. The van der Waals surface area contributed by atoms with Crippen molar-refractivity contribution in [3.8, 4) is 11.5 Å². The van der Waals surface area contributed by atoms with Gasteiger partial charge in [0.2, 0.25) is 11.8 Å². The lowest BCUT2D eigenvalue weighted by molar-refractivity contribution is 0.168. The highest BCUT2D eigenvalue weighted by Gasteiger charge is 2.33. The number of nitrogens with zero attached hydrogens (tertiary/aromatic N) is 5. The molecule has 2 atom stereocenters. The van der Waals surface area contributed by atoms with E-state index in [9.17, 15) is 0 Å². The Morgan fingerprint density at radius 1 is 1.21 bits per heavy atom. The fraction of sp³-hybridized carbons (Fsp3) is 0.389. The van der Waals surface area contributed by atoms with Crippen LogP contribution in [-0.2, 0) is 7.05 Å². The van der Waals surface area contributed by atoms with E-state index in [0.717, 1.165) is 18.5 Å². The monoisotopic (exact) mass is 323 g/mol. The molecule has 1 aromatic carbocycles. The van der Waals surface area contributed by atoms with Gasteiger partial charge in [-0.3, -0.25) is 9.58 Å². The summed E-state index contributed by atoms with van der Waals surface area (Å²) in [5.74, 6) is 1.25. The predicted molar refractivity (Wildman–Crippen MR) is 90.0 cm³/mol. The van der Waals surface area contributed by atoms with Crippen molar-refractivity contribution in [1.82, 2.24) is 24.9 Å². The standard InChI is InChI=1S/C18H21N5O/c1-13(17-20-21-18(24-17)14-7-4-3-5-8-14)23-10-6-9-16(23)15-11-19-22(2)12-15/h3-5,7-8,11-13,16H,6,9-10H2,1-2H3/t13-,16+/m1/s1. The number of rotatable bonds is 4. The molecular formula is C18H21N5O. The number of likely N-dealkylation sites (tertiary alicyclic amines) is 1. The van der Waals surface area contributed by atoms with Gasteiger partial charge in [0.15, 0.2) is 0 Å².